The number of carboxylic acid groups (broad SMARTS) is 1. The first kappa shape index (κ1) is 11.6. The molecule has 0 bridgehead atoms. The number of nitrogens with one attached hydrogen (secondary N) is 1. The molecule has 0 spiro atoms. The average molecular weight is 187 g/mol. The molecule has 0 aliphatic rings. The number of carbonyl (C=O) groups excluding carboxylic acids is 1. The Kier molecular flexibility index (Phi) is 5.45. The molecule has 0 radical (unpaired) electrons. The Morgan fingerprint density at radius 1 is 1.62 bits per heavy atom. The van der Waals surface area contributed by atoms with E-state index in [1.165, 1.54) is 0 Å². The van der Waals surface area contributed by atoms with E-state index in [0.717, 1.165) is 0 Å². The highest BCUT2D eigenvalue weighted by Crippen LogP contribution is 1.92. The monoisotopic (exact) mass is 187 g/mol. The van der Waals surface area contributed by atoms with E-state index >= 15 is 0 Å². The Balaban J connectivity index is 3.40. The SMILES string of the molecule is C=NC(=O)NCCCC(N)C(=O)O. The summed E-state index contributed by atoms with van der Waals surface area (Å²) in [4.78, 5) is 23.8. The Morgan fingerprint density at radius 3 is 2.69 bits per heavy atom. The third-order valence-electron chi connectivity index (χ3n) is 1.43. The minimum Gasteiger partial charge on any atom is -0.480 e. The van der Waals surface area contributed by atoms with Crippen LogP contribution in [0.2, 0.25) is 0 Å². The van der Waals surface area contributed by atoms with Crippen molar-refractivity contribution in [2.24, 2.45) is 10.7 Å². The predicted octanol–water partition coefficient (Wildman–Crippen LogP) is -0.411. The van der Waals surface area contributed by atoms with Crippen molar-refractivity contribution in [3.05, 3.63) is 0 Å². The number of nitrogens with two attached hydrogens (primary N) is 1. The number of carboxylic acids is 1. The molecule has 0 heterocycles. The zero-order valence-corrected chi connectivity index (χ0v) is 7.19. The summed E-state index contributed by atoms with van der Waals surface area (Å²) in [6.07, 6.45) is 0.835. The summed E-state index contributed by atoms with van der Waals surface area (Å²) >= 11 is 0. The number of carbonyl (C=O) groups is 2. The van der Waals surface area contributed by atoms with Gasteiger partial charge < -0.3 is 16.2 Å². The van der Waals surface area contributed by atoms with Crippen molar-refractivity contribution in [1.29, 1.82) is 0 Å². The molecule has 6 heteroatoms. The summed E-state index contributed by atoms with van der Waals surface area (Å²) in [7, 11) is 0. The first-order chi connectivity index (χ1) is 6.07. The second-order valence-corrected chi connectivity index (χ2v) is 2.48. The van der Waals surface area contributed by atoms with Gasteiger partial charge in [0.05, 0.1) is 0 Å². The molecule has 0 aliphatic carbocycles. The number of aliphatic carboxylic acids is 1. The summed E-state index contributed by atoms with van der Waals surface area (Å²) in [6.45, 7) is 3.38. The number of rotatable bonds is 5. The van der Waals surface area contributed by atoms with Gasteiger partial charge in [-0.15, -0.1) is 0 Å². The van der Waals surface area contributed by atoms with Gasteiger partial charge in [-0.05, 0) is 19.6 Å². The molecule has 4 N–H and O–H groups in total. The molecule has 0 fully saturated rings. The van der Waals surface area contributed by atoms with Crippen molar-refractivity contribution in [3.8, 4) is 0 Å². The number of urea groups is 1. The summed E-state index contributed by atoms with van der Waals surface area (Å²) in [5.74, 6) is -1.03. The van der Waals surface area contributed by atoms with E-state index in [2.05, 4.69) is 17.0 Å². The van der Waals surface area contributed by atoms with E-state index in [4.69, 9.17) is 10.8 Å². The van der Waals surface area contributed by atoms with E-state index in [1.54, 1.807) is 0 Å². The lowest BCUT2D eigenvalue weighted by molar-refractivity contribution is -0.138. The molecule has 1 atom stereocenters. The molecule has 0 aromatic carbocycles. The van der Waals surface area contributed by atoms with Crippen LogP contribution in [0.3, 0.4) is 0 Å². The van der Waals surface area contributed by atoms with Crippen molar-refractivity contribution in [1.82, 2.24) is 5.32 Å². The van der Waals surface area contributed by atoms with Gasteiger partial charge >= 0.3 is 12.0 Å². The maximum Gasteiger partial charge on any atom is 0.340 e. The summed E-state index contributed by atoms with van der Waals surface area (Å²) < 4.78 is 0. The highest BCUT2D eigenvalue weighted by molar-refractivity contribution is 5.78. The Labute approximate surface area is 75.8 Å². The highest BCUT2D eigenvalue weighted by Gasteiger charge is 2.09. The highest BCUT2D eigenvalue weighted by atomic mass is 16.4. The van der Waals surface area contributed by atoms with E-state index in [0.29, 0.717) is 19.4 Å². The molecule has 0 saturated heterocycles. The Bertz CT molecular complexity index is 205. The van der Waals surface area contributed by atoms with Gasteiger partial charge in [0.25, 0.3) is 0 Å². The number of aliphatic imine (C=N–C) groups is 1. The second-order valence-electron chi connectivity index (χ2n) is 2.48. The van der Waals surface area contributed by atoms with E-state index in [9.17, 15) is 9.59 Å². The quantitative estimate of drug-likeness (QED) is 0.402. The largest absolute Gasteiger partial charge is 0.480 e. The molecule has 0 aromatic heterocycles. The third-order valence-corrected chi connectivity index (χ3v) is 1.43. The fourth-order valence-electron chi connectivity index (χ4n) is 0.697. The fourth-order valence-corrected chi connectivity index (χ4v) is 0.697. The number of hydrogen-bond donors (Lipinski definition) is 3. The van der Waals surface area contributed by atoms with Crippen LogP contribution in [0.15, 0.2) is 4.99 Å². The molecular formula is C7H13N3O3. The van der Waals surface area contributed by atoms with Crippen LogP contribution in [0.1, 0.15) is 12.8 Å². The van der Waals surface area contributed by atoms with E-state index in [-0.39, 0.29) is 0 Å². The molecule has 1 unspecified atom stereocenters. The molecular weight excluding hydrogens is 174 g/mol. The number of amides is 2. The van der Waals surface area contributed by atoms with E-state index in [1.807, 2.05) is 0 Å². The van der Waals surface area contributed by atoms with E-state index < -0.39 is 18.0 Å². The van der Waals surface area contributed by atoms with Crippen molar-refractivity contribution in [3.63, 3.8) is 0 Å². The zero-order valence-electron chi connectivity index (χ0n) is 7.19. The molecule has 13 heavy (non-hydrogen) atoms. The standard InChI is InChI=1S/C7H13N3O3/c1-9-7(13)10-4-2-3-5(8)6(11)12/h5H,1-4,8H2,(H,10,13)(H,11,12). The van der Waals surface area contributed by atoms with Gasteiger partial charge in [-0.1, -0.05) is 0 Å². The summed E-state index contributed by atoms with van der Waals surface area (Å²) in [5, 5.41) is 10.8. The molecule has 0 aliphatic heterocycles. The second kappa shape index (κ2) is 6.13. The predicted molar refractivity (Wildman–Crippen MR) is 47.8 cm³/mol. The molecule has 0 aromatic rings. The molecule has 0 rings (SSSR count). The smallest absolute Gasteiger partial charge is 0.340 e. The van der Waals surface area contributed by atoms with Crippen LogP contribution >= 0.6 is 0 Å². The van der Waals surface area contributed by atoms with Crippen LogP contribution in [0.25, 0.3) is 0 Å². The van der Waals surface area contributed by atoms with Gasteiger partial charge in [-0.3, -0.25) is 4.79 Å². The van der Waals surface area contributed by atoms with Gasteiger partial charge in [0.15, 0.2) is 0 Å². The van der Waals surface area contributed by atoms with Crippen LogP contribution in [0.5, 0.6) is 0 Å². The van der Waals surface area contributed by atoms with Crippen molar-refractivity contribution in [2.45, 2.75) is 18.9 Å². The van der Waals surface area contributed by atoms with Crippen LogP contribution < -0.4 is 11.1 Å². The van der Waals surface area contributed by atoms with Crippen molar-refractivity contribution < 1.29 is 14.7 Å². The van der Waals surface area contributed by atoms with Gasteiger partial charge in [0.1, 0.15) is 6.04 Å². The minimum absolute atomic E-state index is 0.326. The summed E-state index contributed by atoms with van der Waals surface area (Å²) in [6, 6.07) is -1.38. The summed E-state index contributed by atoms with van der Waals surface area (Å²) in [5.41, 5.74) is 5.22. The van der Waals surface area contributed by atoms with Crippen molar-refractivity contribution >= 4 is 18.7 Å². The molecule has 6 nitrogen and oxygen atoms in total. The Hall–Kier alpha value is -1.43. The zero-order chi connectivity index (χ0) is 10.3. The van der Waals surface area contributed by atoms with Crippen LogP contribution in [-0.4, -0.2) is 36.4 Å². The molecule has 74 valence electrons. The Morgan fingerprint density at radius 2 is 2.23 bits per heavy atom. The lowest BCUT2D eigenvalue weighted by Crippen LogP contribution is -2.31. The number of nitrogens with zero attached hydrogens (tertiary/aromatic N) is 1. The third kappa shape index (κ3) is 5.80. The van der Waals surface area contributed by atoms with Crippen LogP contribution in [0, 0.1) is 0 Å². The lowest BCUT2D eigenvalue weighted by atomic mass is 10.2. The maximum absolute atomic E-state index is 10.5. The molecule has 0 saturated carbocycles. The first-order valence-electron chi connectivity index (χ1n) is 3.81. The van der Waals surface area contributed by atoms with Gasteiger partial charge in [0.2, 0.25) is 0 Å². The van der Waals surface area contributed by atoms with Gasteiger partial charge in [-0.25, -0.2) is 9.79 Å². The first-order valence-corrected chi connectivity index (χ1v) is 3.81. The van der Waals surface area contributed by atoms with Gasteiger partial charge in [-0.2, -0.15) is 0 Å². The molecule has 2 amide bonds. The topological polar surface area (TPSA) is 105 Å². The normalized spacial score (nSPS) is 11.8. The lowest BCUT2D eigenvalue weighted by Gasteiger charge is -2.05. The fraction of sp³-hybridized carbons (Fsp3) is 0.571. The number of hydrogen-bond acceptors (Lipinski definition) is 3. The minimum atomic E-state index is -1.03. The van der Waals surface area contributed by atoms with Gasteiger partial charge in [0, 0.05) is 6.54 Å². The maximum atomic E-state index is 10.5. The van der Waals surface area contributed by atoms with Crippen LogP contribution in [0.4, 0.5) is 4.79 Å². The van der Waals surface area contributed by atoms with Crippen LogP contribution in [-0.2, 0) is 4.79 Å². The van der Waals surface area contributed by atoms with Crippen molar-refractivity contribution in [2.75, 3.05) is 6.54 Å². The average Bonchev–Trinajstić information content (AvgIpc) is 2.11.